The molecule has 0 saturated carbocycles. The number of nitrogens with one attached hydrogen (secondary N) is 1. The highest BCUT2D eigenvalue weighted by Gasteiger charge is 2.48. The first-order valence-electron chi connectivity index (χ1n) is 7.89. The molecule has 2 fully saturated rings. The molecule has 0 unspecified atom stereocenters. The zero-order valence-corrected chi connectivity index (χ0v) is 13.4. The lowest BCUT2D eigenvalue weighted by molar-refractivity contribution is 0.0213. The first-order chi connectivity index (χ1) is 10.4. The van der Waals surface area contributed by atoms with E-state index in [0.29, 0.717) is 6.54 Å². The summed E-state index contributed by atoms with van der Waals surface area (Å²) in [5.74, 6) is 0.839. The Morgan fingerprint density at radius 3 is 2.68 bits per heavy atom. The molecule has 0 radical (unpaired) electrons. The van der Waals surface area contributed by atoms with E-state index in [4.69, 9.17) is 9.47 Å². The molecule has 120 valence electrons. The van der Waals surface area contributed by atoms with Gasteiger partial charge in [-0.25, -0.2) is 4.79 Å². The summed E-state index contributed by atoms with van der Waals surface area (Å²) >= 11 is 0. The molecule has 0 spiro atoms. The lowest BCUT2D eigenvalue weighted by Crippen LogP contribution is -2.42. The van der Waals surface area contributed by atoms with Crippen LogP contribution in [0.25, 0.3) is 0 Å². The summed E-state index contributed by atoms with van der Waals surface area (Å²) < 4.78 is 11.6. The zero-order valence-electron chi connectivity index (χ0n) is 13.4. The highest BCUT2D eigenvalue weighted by Crippen LogP contribution is 2.30. The van der Waals surface area contributed by atoms with Crippen molar-refractivity contribution < 1.29 is 14.3 Å². The van der Waals surface area contributed by atoms with Gasteiger partial charge in [0.05, 0.1) is 18.6 Å². The molecular formula is C17H24N2O3. The zero-order chi connectivity index (χ0) is 15.7. The van der Waals surface area contributed by atoms with Gasteiger partial charge in [-0.1, -0.05) is 18.2 Å². The maximum atomic E-state index is 12.4. The Balaban J connectivity index is 1.71. The number of para-hydroxylation sites is 1. The summed E-state index contributed by atoms with van der Waals surface area (Å²) in [6.07, 6.45) is 0.659. The first kappa shape index (κ1) is 15.2. The summed E-state index contributed by atoms with van der Waals surface area (Å²) in [6, 6.07) is 10.1. The number of hydrogen-bond acceptors (Lipinski definition) is 4. The SMILES string of the molecule is CC(C)(C)OC(=O)N1C[C@H](Oc2ccccc2)[C@H]2NCC[C@H]21. The number of fused-ring (bicyclic) bond motifs is 1. The molecule has 3 rings (SSSR count). The maximum absolute atomic E-state index is 12.4. The van der Waals surface area contributed by atoms with Gasteiger partial charge < -0.3 is 14.8 Å². The monoisotopic (exact) mass is 304 g/mol. The van der Waals surface area contributed by atoms with E-state index in [1.807, 2.05) is 56.0 Å². The van der Waals surface area contributed by atoms with E-state index in [1.54, 1.807) is 0 Å². The number of hydrogen-bond donors (Lipinski definition) is 1. The molecular weight excluding hydrogens is 280 g/mol. The molecule has 2 saturated heterocycles. The maximum Gasteiger partial charge on any atom is 0.410 e. The van der Waals surface area contributed by atoms with E-state index in [0.717, 1.165) is 18.7 Å². The summed E-state index contributed by atoms with van der Waals surface area (Å²) in [5.41, 5.74) is -0.475. The fourth-order valence-corrected chi connectivity index (χ4v) is 3.20. The van der Waals surface area contributed by atoms with Crippen LogP contribution in [-0.2, 0) is 4.74 Å². The fourth-order valence-electron chi connectivity index (χ4n) is 3.20. The average Bonchev–Trinajstić information content (AvgIpc) is 3.02. The standard InChI is InChI=1S/C17H24N2O3/c1-17(2,3)22-16(20)19-11-14(15-13(19)9-10-18-15)21-12-7-5-4-6-8-12/h4-8,13-15,18H,9-11H2,1-3H3/t13-,14+,15+/m1/s1. The van der Waals surface area contributed by atoms with Gasteiger partial charge in [-0.2, -0.15) is 0 Å². The van der Waals surface area contributed by atoms with Crippen molar-refractivity contribution in [3.05, 3.63) is 30.3 Å². The second kappa shape index (κ2) is 5.80. The second-order valence-corrected chi connectivity index (χ2v) is 6.94. The lowest BCUT2D eigenvalue weighted by Gasteiger charge is -2.27. The molecule has 1 N–H and O–H groups in total. The Hall–Kier alpha value is -1.75. The molecule has 2 aliphatic rings. The van der Waals surface area contributed by atoms with Gasteiger partial charge >= 0.3 is 6.09 Å². The van der Waals surface area contributed by atoms with Crippen LogP contribution in [0.4, 0.5) is 4.79 Å². The van der Waals surface area contributed by atoms with E-state index in [2.05, 4.69) is 5.32 Å². The van der Waals surface area contributed by atoms with E-state index in [-0.39, 0.29) is 24.3 Å². The molecule has 1 aromatic rings. The van der Waals surface area contributed by atoms with Crippen molar-refractivity contribution in [2.45, 2.75) is 51.0 Å². The normalized spacial score (nSPS) is 27.6. The molecule has 3 atom stereocenters. The Kier molecular flexibility index (Phi) is 4.00. The van der Waals surface area contributed by atoms with Crippen LogP contribution in [0.1, 0.15) is 27.2 Å². The number of rotatable bonds is 2. The van der Waals surface area contributed by atoms with Crippen molar-refractivity contribution in [3.8, 4) is 5.75 Å². The summed E-state index contributed by atoms with van der Waals surface area (Å²) in [6.45, 7) is 7.14. The van der Waals surface area contributed by atoms with Crippen LogP contribution in [-0.4, -0.2) is 47.9 Å². The molecule has 5 heteroatoms. The number of nitrogens with zero attached hydrogens (tertiary/aromatic N) is 1. The molecule has 1 aromatic carbocycles. The van der Waals surface area contributed by atoms with Crippen molar-refractivity contribution in [3.63, 3.8) is 0 Å². The van der Waals surface area contributed by atoms with Gasteiger partial charge in [0.25, 0.3) is 0 Å². The average molecular weight is 304 g/mol. The Labute approximate surface area is 131 Å². The number of likely N-dealkylation sites (tertiary alicyclic amines) is 1. The predicted octanol–water partition coefficient (Wildman–Crippen LogP) is 2.42. The molecule has 0 aromatic heterocycles. The van der Waals surface area contributed by atoms with Crippen LogP contribution >= 0.6 is 0 Å². The van der Waals surface area contributed by atoms with Crippen molar-refractivity contribution in [2.24, 2.45) is 0 Å². The topological polar surface area (TPSA) is 50.8 Å². The molecule has 22 heavy (non-hydrogen) atoms. The lowest BCUT2D eigenvalue weighted by atomic mass is 10.1. The fraction of sp³-hybridized carbons (Fsp3) is 0.588. The number of benzene rings is 1. The second-order valence-electron chi connectivity index (χ2n) is 6.94. The summed E-state index contributed by atoms with van der Waals surface area (Å²) in [5, 5.41) is 3.46. The van der Waals surface area contributed by atoms with E-state index < -0.39 is 5.60 Å². The van der Waals surface area contributed by atoms with E-state index >= 15 is 0 Å². The molecule has 2 aliphatic heterocycles. The van der Waals surface area contributed by atoms with Crippen LogP contribution in [0.5, 0.6) is 5.75 Å². The first-order valence-corrected chi connectivity index (χ1v) is 7.89. The quantitative estimate of drug-likeness (QED) is 0.911. The van der Waals surface area contributed by atoms with E-state index in [1.165, 1.54) is 0 Å². The van der Waals surface area contributed by atoms with Crippen LogP contribution in [0.3, 0.4) is 0 Å². The minimum Gasteiger partial charge on any atom is -0.487 e. The van der Waals surface area contributed by atoms with Gasteiger partial charge in [0.15, 0.2) is 0 Å². The molecule has 5 nitrogen and oxygen atoms in total. The molecule has 0 bridgehead atoms. The van der Waals surface area contributed by atoms with Crippen molar-refractivity contribution >= 4 is 6.09 Å². The highest BCUT2D eigenvalue weighted by molar-refractivity contribution is 5.69. The number of carbonyl (C=O) groups is 1. The van der Waals surface area contributed by atoms with Gasteiger partial charge in [0.1, 0.15) is 17.5 Å². The van der Waals surface area contributed by atoms with E-state index in [9.17, 15) is 4.79 Å². The summed E-state index contributed by atoms with van der Waals surface area (Å²) in [7, 11) is 0. The third kappa shape index (κ3) is 3.19. The molecule has 1 amide bonds. The number of amides is 1. The number of ether oxygens (including phenoxy) is 2. The third-order valence-corrected chi connectivity index (χ3v) is 4.07. The van der Waals surface area contributed by atoms with Crippen molar-refractivity contribution in [1.82, 2.24) is 10.2 Å². The highest BCUT2D eigenvalue weighted by atomic mass is 16.6. The Bertz CT molecular complexity index is 526. The number of carbonyl (C=O) groups excluding carboxylic acids is 1. The molecule has 0 aliphatic carbocycles. The smallest absolute Gasteiger partial charge is 0.410 e. The minimum atomic E-state index is -0.475. The van der Waals surface area contributed by atoms with Crippen LogP contribution < -0.4 is 10.1 Å². The van der Waals surface area contributed by atoms with Gasteiger partial charge in [-0.3, -0.25) is 4.90 Å². The van der Waals surface area contributed by atoms with Crippen LogP contribution in [0.2, 0.25) is 0 Å². The van der Waals surface area contributed by atoms with Crippen molar-refractivity contribution in [2.75, 3.05) is 13.1 Å². The van der Waals surface area contributed by atoms with Crippen LogP contribution in [0, 0.1) is 0 Å². The van der Waals surface area contributed by atoms with Gasteiger partial charge in [0, 0.05) is 0 Å². The largest absolute Gasteiger partial charge is 0.487 e. The molecule has 2 heterocycles. The van der Waals surface area contributed by atoms with Gasteiger partial charge in [0.2, 0.25) is 0 Å². The van der Waals surface area contributed by atoms with Gasteiger partial charge in [-0.15, -0.1) is 0 Å². The predicted molar refractivity (Wildman–Crippen MR) is 84.0 cm³/mol. The third-order valence-electron chi connectivity index (χ3n) is 4.07. The van der Waals surface area contributed by atoms with Crippen molar-refractivity contribution in [1.29, 1.82) is 0 Å². The Morgan fingerprint density at radius 2 is 2.00 bits per heavy atom. The van der Waals surface area contributed by atoms with Gasteiger partial charge in [-0.05, 0) is 45.9 Å². The minimum absolute atomic E-state index is 0.0394. The van der Waals surface area contributed by atoms with Crippen LogP contribution in [0.15, 0.2) is 30.3 Å². The summed E-state index contributed by atoms with van der Waals surface area (Å²) in [4.78, 5) is 14.2. The Morgan fingerprint density at radius 1 is 1.27 bits per heavy atom.